The summed E-state index contributed by atoms with van der Waals surface area (Å²) in [4.78, 5) is 25.9. The van der Waals surface area contributed by atoms with E-state index in [-0.39, 0.29) is 12.5 Å². The number of ether oxygens (including phenoxy) is 2. The van der Waals surface area contributed by atoms with E-state index in [1.165, 1.54) is 11.1 Å². The Balaban J connectivity index is 1.49. The molecule has 1 atom stereocenters. The van der Waals surface area contributed by atoms with Crippen LogP contribution in [-0.4, -0.2) is 30.3 Å². The van der Waals surface area contributed by atoms with Crippen LogP contribution in [0.2, 0.25) is 0 Å². The minimum absolute atomic E-state index is 0.0489. The summed E-state index contributed by atoms with van der Waals surface area (Å²) in [5.41, 5.74) is 7.08. The molecule has 3 aromatic rings. The van der Waals surface area contributed by atoms with Gasteiger partial charge in [0.15, 0.2) is 0 Å². The molecular weight excluding hydrogens is 438 g/mol. The van der Waals surface area contributed by atoms with Gasteiger partial charge in [-0.1, -0.05) is 72.3 Å². The Morgan fingerprint density at radius 1 is 0.914 bits per heavy atom. The number of hydrogen-bond acceptors (Lipinski definition) is 4. The van der Waals surface area contributed by atoms with E-state index in [9.17, 15) is 9.59 Å². The van der Waals surface area contributed by atoms with Gasteiger partial charge in [-0.05, 0) is 68.0 Å². The van der Waals surface area contributed by atoms with Gasteiger partial charge >= 0.3 is 12.1 Å². The average molecular weight is 472 g/mol. The van der Waals surface area contributed by atoms with Gasteiger partial charge in [0.05, 0.1) is 0 Å². The predicted octanol–water partition coefficient (Wildman–Crippen LogP) is 6.09. The van der Waals surface area contributed by atoms with Crippen LogP contribution in [0.1, 0.15) is 54.5 Å². The zero-order valence-electron chi connectivity index (χ0n) is 21.1. The zero-order chi connectivity index (χ0) is 25.2. The molecule has 182 valence electrons. The molecule has 1 N–H and O–H groups in total. The average Bonchev–Trinajstić information content (AvgIpc) is 3.12. The van der Waals surface area contributed by atoms with Crippen molar-refractivity contribution in [1.29, 1.82) is 0 Å². The number of aryl methyl sites for hydroxylation is 2. The lowest BCUT2D eigenvalue weighted by Gasteiger charge is -2.25. The van der Waals surface area contributed by atoms with E-state index in [0.29, 0.717) is 6.42 Å². The maximum atomic E-state index is 13.0. The van der Waals surface area contributed by atoms with Gasteiger partial charge in [-0.3, -0.25) is 0 Å². The normalized spacial score (nSPS) is 13.5. The molecule has 5 heteroatoms. The van der Waals surface area contributed by atoms with Crippen LogP contribution in [0, 0.1) is 13.8 Å². The Labute approximate surface area is 207 Å². The molecule has 4 rings (SSSR count). The van der Waals surface area contributed by atoms with Crippen molar-refractivity contribution in [2.24, 2.45) is 0 Å². The number of rotatable bonds is 6. The molecule has 0 saturated heterocycles. The summed E-state index contributed by atoms with van der Waals surface area (Å²) in [5, 5.41) is 2.77. The molecule has 0 radical (unpaired) electrons. The number of fused-ring (bicyclic) bond motifs is 3. The zero-order valence-corrected chi connectivity index (χ0v) is 21.1. The first-order chi connectivity index (χ1) is 16.6. The molecule has 3 aromatic carbocycles. The quantitative estimate of drug-likeness (QED) is 0.442. The molecule has 0 aromatic heterocycles. The molecule has 0 bridgehead atoms. The third kappa shape index (κ3) is 5.73. The topological polar surface area (TPSA) is 64.6 Å². The lowest BCUT2D eigenvalue weighted by Crippen LogP contribution is -2.46. The summed E-state index contributed by atoms with van der Waals surface area (Å²) < 4.78 is 11.3. The van der Waals surface area contributed by atoms with E-state index in [4.69, 9.17) is 9.47 Å². The van der Waals surface area contributed by atoms with E-state index < -0.39 is 23.7 Å². The number of carbonyl (C=O) groups excluding carboxylic acids is 2. The molecule has 1 unspecified atom stereocenters. The van der Waals surface area contributed by atoms with E-state index in [1.54, 1.807) is 0 Å². The third-order valence-corrected chi connectivity index (χ3v) is 6.26. The maximum absolute atomic E-state index is 13.0. The van der Waals surface area contributed by atoms with Gasteiger partial charge in [0, 0.05) is 12.3 Å². The molecule has 0 aliphatic heterocycles. The van der Waals surface area contributed by atoms with E-state index in [0.717, 1.165) is 27.8 Å². The standard InChI is InChI=1S/C30H33NO4/c1-19-14-15-20(2)21(16-19)17-27(28(32)35-30(3,4)5)31-29(33)34-18-26-24-12-8-6-10-22(24)23-11-7-9-13-25(23)26/h6-16,26-27H,17-18H2,1-5H3,(H,31,33). The molecule has 1 aliphatic carbocycles. The van der Waals surface area contributed by atoms with Gasteiger partial charge in [0.25, 0.3) is 0 Å². The second kappa shape index (κ2) is 9.95. The molecule has 1 amide bonds. The summed E-state index contributed by atoms with van der Waals surface area (Å²) in [7, 11) is 0. The smallest absolute Gasteiger partial charge is 0.407 e. The van der Waals surface area contributed by atoms with Crippen LogP contribution < -0.4 is 5.32 Å². The van der Waals surface area contributed by atoms with Crippen molar-refractivity contribution in [2.45, 2.75) is 58.6 Å². The van der Waals surface area contributed by atoms with E-state index in [1.807, 2.05) is 77.1 Å². The summed E-state index contributed by atoms with van der Waals surface area (Å²) in [6.07, 6.45) is -0.305. The molecule has 0 fully saturated rings. The Hall–Kier alpha value is -3.60. The van der Waals surface area contributed by atoms with E-state index in [2.05, 4.69) is 29.6 Å². The summed E-state index contributed by atoms with van der Waals surface area (Å²) in [6.45, 7) is 9.62. The molecule has 35 heavy (non-hydrogen) atoms. The van der Waals surface area contributed by atoms with Crippen LogP contribution in [-0.2, 0) is 20.7 Å². The van der Waals surface area contributed by atoms with Crippen molar-refractivity contribution >= 4 is 12.1 Å². The van der Waals surface area contributed by atoms with Crippen LogP contribution in [0.5, 0.6) is 0 Å². The van der Waals surface area contributed by atoms with Crippen molar-refractivity contribution in [1.82, 2.24) is 5.32 Å². The largest absolute Gasteiger partial charge is 0.458 e. The van der Waals surface area contributed by atoms with Gasteiger partial charge in [-0.2, -0.15) is 0 Å². The Morgan fingerprint density at radius 3 is 2.11 bits per heavy atom. The van der Waals surface area contributed by atoms with Crippen molar-refractivity contribution in [3.63, 3.8) is 0 Å². The van der Waals surface area contributed by atoms with Crippen molar-refractivity contribution in [3.8, 4) is 11.1 Å². The van der Waals surface area contributed by atoms with Gasteiger partial charge in [-0.25, -0.2) is 9.59 Å². The molecule has 0 spiro atoms. The first-order valence-electron chi connectivity index (χ1n) is 12.0. The van der Waals surface area contributed by atoms with Crippen LogP contribution >= 0.6 is 0 Å². The fourth-order valence-electron chi connectivity index (χ4n) is 4.59. The lowest BCUT2D eigenvalue weighted by molar-refractivity contribution is -0.157. The summed E-state index contributed by atoms with van der Waals surface area (Å²) >= 11 is 0. The first-order valence-corrected chi connectivity index (χ1v) is 12.0. The molecule has 1 aliphatic rings. The van der Waals surface area contributed by atoms with Crippen molar-refractivity contribution in [2.75, 3.05) is 6.61 Å². The second-order valence-electron chi connectivity index (χ2n) is 10.2. The second-order valence-corrected chi connectivity index (χ2v) is 10.2. The van der Waals surface area contributed by atoms with Crippen molar-refractivity contribution < 1.29 is 19.1 Å². The highest BCUT2D eigenvalue weighted by atomic mass is 16.6. The molecule has 0 heterocycles. The third-order valence-electron chi connectivity index (χ3n) is 6.26. The fourth-order valence-corrected chi connectivity index (χ4v) is 4.59. The van der Waals surface area contributed by atoms with Gasteiger partial charge < -0.3 is 14.8 Å². The summed E-state index contributed by atoms with van der Waals surface area (Å²) in [6, 6.07) is 21.6. The number of alkyl carbamates (subject to hydrolysis) is 1. The summed E-state index contributed by atoms with van der Waals surface area (Å²) in [5.74, 6) is -0.529. The van der Waals surface area contributed by atoms with Crippen molar-refractivity contribution in [3.05, 3.63) is 94.5 Å². The SMILES string of the molecule is Cc1ccc(C)c(CC(NC(=O)OCC2c3ccccc3-c3ccccc32)C(=O)OC(C)(C)C)c1. The van der Waals surface area contributed by atoms with Crippen LogP contribution in [0.25, 0.3) is 11.1 Å². The number of benzene rings is 3. The maximum Gasteiger partial charge on any atom is 0.407 e. The number of nitrogens with one attached hydrogen (secondary N) is 1. The predicted molar refractivity (Wildman–Crippen MR) is 137 cm³/mol. The van der Waals surface area contributed by atoms with Crippen LogP contribution in [0.3, 0.4) is 0 Å². The number of amides is 1. The lowest BCUT2D eigenvalue weighted by atomic mass is 9.98. The molecule has 5 nitrogen and oxygen atoms in total. The van der Waals surface area contributed by atoms with Crippen LogP contribution in [0.4, 0.5) is 4.79 Å². The first kappa shape index (κ1) is 24.5. The number of esters is 1. The van der Waals surface area contributed by atoms with Crippen LogP contribution in [0.15, 0.2) is 66.7 Å². The minimum Gasteiger partial charge on any atom is -0.458 e. The van der Waals surface area contributed by atoms with Gasteiger partial charge in [0.2, 0.25) is 0 Å². The highest BCUT2D eigenvalue weighted by molar-refractivity contribution is 5.82. The highest BCUT2D eigenvalue weighted by Crippen LogP contribution is 2.44. The number of hydrogen-bond donors (Lipinski definition) is 1. The van der Waals surface area contributed by atoms with E-state index >= 15 is 0 Å². The highest BCUT2D eigenvalue weighted by Gasteiger charge is 2.31. The molecular formula is C30H33NO4. The minimum atomic E-state index is -0.856. The molecule has 0 saturated carbocycles. The van der Waals surface area contributed by atoms with Gasteiger partial charge in [-0.15, -0.1) is 0 Å². The van der Waals surface area contributed by atoms with Gasteiger partial charge in [0.1, 0.15) is 18.2 Å². The Morgan fingerprint density at radius 2 is 1.51 bits per heavy atom. The number of carbonyl (C=O) groups is 2. The Kier molecular flexibility index (Phi) is 6.97. The Bertz CT molecular complexity index is 1200. The monoisotopic (exact) mass is 471 g/mol. The fraction of sp³-hybridized carbons (Fsp3) is 0.333.